The summed E-state index contributed by atoms with van der Waals surface area (Å²) in [6.07, 6.45) is 3.00. The van der Waals surface area contributed by atoms with Crippen LogP contribution < -0.4 is 9.13 Å². The molecule has 7 N–H and O–H groups in total. The Morgan fingerprint density at radius 2 is 1.18 bits per heavy atom. The molecule has 8 unspecified atom stereocenters. The van der Waals surface area contributed by atoms with Crippen LogP contribution >= 0.6 is 7.82 Å². The number of phosphoric ester groups is 1. The standard InChI is InChI=1S/C13H20NO7P.C13H20NO4.C8H11N/c1-8(2)9-4-3-5-14(6-9)13-12(16)11(15)10(21-13)7-20-22(17,18)19;1-8(2)9-4-3-5-14(6-9)13-12(17)11(16)10(7-15)18-13;1-7(2)8-4-3-5-9-6-8/h3-6,8,10-13,15-16H,7H2,1-2H3,(H-,17,18,19);3-6,8,10-13,15-17H,7H2,1-2H3;3-7H,1-2H3/q;+1;/p+1. The predicted octanol–water partition coefficient (Wildman–Crippen LogP) is 1.74. The third-order valence-electron chi connectivity index (χ3n) is 8.22. The molecule has 2 aliphatic rings. The van der Waals surface area contributed by atoms with E-state index in [1.165, 1.54) is 5.56 Å². The largest absolute Gasteiger partial charge is 0.469 e. The first-order chi connectivity index (χ1) is 23.0. The average Bonchev–Trinajstić information content (AvgIpc) is 3.53. The summed E-state index contributed by atoms with van der Waals surface area (Å²) in [6, 6.07) is 11.7. The highest BCUT2D eigenvalue weighted by Gasteiger charge is 2.49. The van der Waals surface area contributed by atoms with E-state index < -0.39 is 63.5 Å². The second-order valence-electron chi connectivity index (χ2n) is 13.0. The van der Waals surface area contributed by atoms with E-state index in [-0.39, 0.29) is 12.5 Å². The molecule has 5 rings (SSSR count). The van der Waals surface area contributed by atoms with Gasteiger partial charge in [-0.25, -0.2) is 4.57 Å². The van der Waals surface area contributed by atoms with E-state index in [1.54, 1.807) is 40.0 Å². The van der Waals surface area contributed by atoms with Crippen LogP contribution in [0.2, 0.25) is 0 Å². The quantitative estimate of drug-likeness (QED) is 0.125. The Kier molecular flexibility index (Phi) is 15.4. The number of hydrogen-bond acceptors (Lipinski definition) is 10. The summed E-state index contributed by atoms with van der Waals surface area (Å²) >= 11 is 0. The van der Waals surface area contributed by atoms with Crippen molar-refractivity contribution in [3.8, 4) is 0 Å². The third-order valence-corrected chi connectivity index (χ3v) is 8.71. The molecule has 272 valence electrons. The Balaban J connectivity index is 0.000000215. The van der Waals surface area contributed by atoms with Crippen LogP contribution in [0, 0.1) is 0 Å². The van der Waals surface area contributed by atoms with E-state index in [1.807, 2.05) is 50.5 Å². The molecule has 0 radical (unpaired) electrons. The minimum absolute atomic E-state index is 0.282. The lowest BCUT2D eigenvalue weighted by Gasteiger charge is -2.13. The van der Waals surface area contributed by atoms with Crippen LogP contribution in [0.25, 0.3) is 0 Å². The molecule has 0 aliphatic carbocycles. The van der Waals surface area contributed by atoms with Gasteiger partial charge in [0.2, 0.25) is 0 Å². The summed E-state index contributed by atoms with van der Waals surface area (Å²) < 4.78 is 29.4. The Labute approximate surface area is 287 Å². The second kappa shape index (κ2) is 18.5. The van der Waals surface area contributed by atoms with Gasteiger partial charge in [0.25, 0.3) is 12.5 Å². The molecule has 14 nitrogen and oxygen atoms in total. The Morgan fingerprint density at radius 1 is 0.735 bits per heavy atom. The zero-order valence-electron chi connectivity index (χ0n) is 28.7. The minimum atomic E-state index is -4.66. The number of aromatic nitrogens is 3. The van der Waals surface area contributed by atoms with E-state index in [2.05, 4.69) is 43.3 Å². The summed E-state index contributed by atoms with van der Waals surface area (Å²) in [7, 11) is -4.66. The highest BCUT2D eigenvalue weighted by molar-refractivity contribution is 7.46. The summed E-state index contributed by atoms with van der Waals surface area (Å²) in [5, 5.41) is 48.7. The van der Waals surface area contributed by atoms with Crippen molar-refractivity contribution >= 4 is 7.82 Å². The monoisotopic (exact) mass is 709 g/mol. The zero-order valence-corrected chi connectivity index (χ0v) is 29.6. The molecule has 2 fully saturated rings. The first-order valence-corrected chi connectivity index (χ1v) is 17.8. The van der Waals surface area contributed by atoms with Gasteiger partial charge in [-0.2, -0.15) is 9.13 Å². The van der Waals surface area contributed by atoms with Crippen molar-refractivity contribution < 1.29 is 63.0 Å². The minimum Gasteiger partial charge on any atom is -0.394 e. The first-order valence-electron chi connectivity index (χ1n) is 16.3. The van der Waals surface area contributed by atoms with E-state index in [0.717, 1.165) is 11.1 Å². The Hall–Kier alpha value is -2.72. The molecule has 0 saturated carbocycles. The molecule has 0 aromatic carbocycles. The molecular weight excluding hydrogens is 657 g/mol. The number of hydrogen-bond donors (Lipinski definition) is 7. The lowest BCUT2D eigenvalue weighted by atomic mass is 10.1. The summed E-state index contributed by atoms with van der Waals surface area (Å²) in [5.74, 6) is 1.25. The van der Waals surface area contributed by atoms with Gasteiger partial charge in [0.15, 0.2) is 37.0 Å². The topological polar surface area (TPSA) is 207 Å². The molecule has 2 aliphatic heterocycles. The number of aliphatic hydroxyl groups is 5. The molecule has 49 heavy (non-hydrogen) atoms. The van der Waals surface area contributed by atoms with E-state index >= 15 is 0 Å². The lowest BCUT2D eigenvalue weighted by molar-refractivity contribution is -0.766. The van der Waals surface area contributed by atoms with Crippen LogP contribution in [0.15, 0.2) is 73.6 Å². The fourth-order valence-electron chi connectivity index (χ4n) is 5.15. The van der Waals surface area contributed by atoms with Gasteiger partial charge in [-0.15, -0.1) is 0 Å². The van der Waals surface area contributed by atoms with E-state index in [9.17, 15) is 25.0 Å². The van der Waals surface area contributed by atoms with Crippen molar-refractivity contribution in [1.82, 2.24) is 4.98 Å². The van der Waals surface area contributed by atoms with Gasteiger partial charge in [-0.1, -0.05) is 47.6 Å². The smallest absolute Gasteiger partial charge is 0.394 e. The maximum Gasteiger partial charge on any atom is 0.469 e. The van der Waals surface area contributed by atoms with Gasteiger partial charge in [0, 0.05) is 35.7 Å². The second-order valence-corrected chi connectivity index (χ2v) is 14.2. The highest BCUT2D eigenvalue weighted by atomic mass is 31.2. The van der Waals surface area contributed by atoms with Gasteiger partial charge in [-0.3, -0.25) is 9.51 Å². The van der Waals surface area contributed by atoms with Gasteiger partial charge in [0.05, 0.1) is 13.2 Å². The average molecular weight is 710 g/mol. The first kappa shape index (κ1) is 40.7. The lowest BCUT2D eigenvalue weighted by Crippen LogP contribution is -2.46. The van der Waals surface area contributed by atoms with Crippen LogP contribution in [0.4, 0.5) is 0 Å². The van der Waals surface area contributed by atoms with Gasteiger partial charge >= 0.3 is 7.82 Å². The van der Waals surface area contributed by atoms with Crippen LogP contribution in [-0.4, -0.2) is 90.1 Å². The fraction of sp³-hybridized carbons (Fsp3) is 0.559. The summed E-state index contributed by atoms with van der Waals surface area (Å²) in [4.78, 5) is 21.4. The van der Waals surface area contributed by atoms with Crippen LogP contribution in [-0.2, 0) is 18.6 Å². The van der Waals surface area contributed by atoms with Crippen molar-refractivity contribution in [1.29, 1.82) is 0 Å². The molecule has 2 saturated heterocycles. The molecule has 0 bridgehead atoms. The van der Waals surface area contributed by atoms with Crippen molar-refractivity contribution in [3.05, 3.63) is 90.3 Å². The van der Waals surface area contributed by atoms with Crippen LogP contribution in [0.5, 0.6) is 0 Å². The molecule has 3 aromatic heterocycles. The number of ether oxygens (including phenoxy) is 2. The van der Waals surface area contributed by atoms with Gasteiger partial charge < -0.3 is 44.8 Å². The highest BCUT2D eigenvalue weighted by Crippen LogP contribution is 2.37. The molecule has 5 heterocycles. The SMILES string of the molecule is CC(C)c1ccc[n+](C2OC(CO)C(O)C2O)c1.CC(C)c1ccc[n+](C2OC(COP(=O)(O)O)C(O)C2O)c1.CC(C)c1cccnc1. The van der Waals surface area contributed by atoms with Crippen molar-refractivity contribution in [3.63, 3.8) is 0 Å². The maximum atomic E-state index is 10.7. The van der Waals surface area contributed by atoms with Crippen molar-refractivity contribution in [2.45, 2.75) is 108 Å². The Bertz CT molecular complexity index is 1480. The number of phosphoric acid groups is 1. The zero-order chi connectivity index (χ0) is 36.5. The normalized spacial score (nSPS) is 26.8. The number of pyridine rings is 3. The molecule has 8 atom stereocenters. The molecule has 3 aromatic rings. The number of aliphatic hydroxyl groups excluding tert-OH is 5. The number of rotatable bonds is 9. The van der Waals surface area contributed by atoms with Crippen molar-refractivity contribution in [2.75, 3.05) is 13.2 Å². The van der Waals surface area contributed by atoms with Crippen molar-refractivity contribution in [2.24, 2.45) is 0 Å². The predicted molar refractivity (Wildman–Crippen MR) is 177 cm³/mol. The number of nitrogens with zero attached hydrogens (tertiary/aromatic N) is 3. The van der Waals surface area contributed by atoms with Gasteiger partial charge in [0.1, 0.15) is 24.4 Å². The fourth-order valence-corrected chi connectivity index (χ4v) is 5.49. The van der Waals surface area contributed by atoms with Crippen LogP contribution in [0.3, 0.4) is 0 Å². The van der Waals surface area contributed by atoms with Crippen LogP contribution in [0.1, 0.15) is 88.4 Å². The molecule has 0 spiro atoms. The Morgan fingerprint density at radius 3 is 1.55 bits per heavy atom. The molecule has 0 amide bonds. The maximum absolute atomic E-state index is 10.7. The summed E-state index contributed by atoms with van der Waals surface area (Å²) in [5.41, 5.74) is 3.45. The molecular formula is C34H52N3O11P+2. The molecule has 15 heteroatoms. The third kappa shape index (κ3) is 11.7. The van der Waals surface area contributed by atoms with E-state index in [4.69, 9.17) is 24.4 Å². The summed E-state index contributed by atoms with van der Waals surface area (Å²) in [6.45, 7) is 11.7. The van der Waals surface area contributed by atoms with E-state index in [0.29, 0.717) is 11.8 Å². The van der Waals surface area contributed by atoms with Gasteiger partial charge in [-0.05, 0) is 41.5 Å².